The highest BCUT2D eigenvalue weighted by Crippen LogP contribution is 2.35. The second-order valence-electron chi connectivity index (χ2n) is 7.30. The van der Waals surface area contributed by atoms with Crippen molar-refractivity contribution >= 4 is 11.9 Å². The van der Waals surface area contributed by atoms with Crippen LogP contribution in [0.25, 0.3) is 0 Å². The second kappa shape index (κ2) is 7.01. The van der Waals surface area contributed by atoms with Gasteiger partial charge in [-0.3, -0.25) is 9.48 Å². The summed E-state index contributed by atoms with van der Waals surface area (Å²) in [5.41, 5.74) is 0. The van der Waals surface area contributed by atoms with Gasteiger partial charge in [-0.05, 0) is 18.9 Å². The van der Waals surface area contributed by atoms with E-state index in [1.165, 1.54) is 0 Å². The van der Waals surface area contributed by atoms with E-state index in [-0.39, 0.29) is 24.5 Å². The largest absolute Gasteiger partial charge is 0.352 e. The molecule has 10 heteroatoms. The minimum Gasteiger partial charge on any atom is -0.352 e. The number of nitrogens with one attached hydrogen (secondary N) is 1. The summed E-state index contributed by atoms with van der Waals surface area (Å²) in [6.45, 7) is 1.99. The third-order valence-corrected chi connectivity index (χ3v) is 5.37. The first-order valence-corrected chi connectivity index (χ1v) is 9.16. The van der Waals surface area contributed by atoms with Crippen LogP contribution in [0.1, 0.15) is 30.4 Å². The quantitative estimate of drug-likeness (QED) is 0.756. The molecule has 0 radical (unpaired) electrons. The van der Waals surface area contributed by atoms with Gasteiger partial charge in [0.2, 0.25) is 5.91 Å². The van der Waals surface area contributed by atoms with Gasteiger partial charge in [0.25, 0.3) is 0 Å². The molecule has 27 heavy (non-hydrogen) atoms. The van der Waals surface area contributed by atoms with Crippen molar-refractivity contribution in [2.45, 2.75) is 31.3 Å². The predicted molar refractivity (Wildman–Crippen MR) is 95.8 cm³/mol. The molecule has 1 aliphatic heterocycles. The van der Waals surface area contributed by atoms with Crippen molar-refractivity contribution in [3.05, 3.63) is 30.1 Å². The lowest BCUT2D eigenvalue weighted by Gasteiger charge is -2.35. The zero-order chi connectivity index (χ0) is 19.0. The Balaban J connectivity index is 1.26. The standard InChI is InChI=1S/C17H24N8O2/c1-22-6-7-24(17(22)27)11-15(26)19-13-8-12(9-13)16-21-20-14(23(16)2)10-25-5-3-4-18-25/h3-5,12-13H,6-11H2,1-2H3,(H,19,26). The summed E-state index contributed by atoms with van der Waals surface area (Å²) in [5.74, 6) is 2.00. The van der Waals surface area contributed by atoms with E-state index in [0.29, 0.717) is 25.6 Å². The molecule has 2 fully saturated rings. The Bertz CT molecular complexity index is 824. The summed E-state index contributed by atoms with van der Waals surface area (Å²) >= 11 is 0. The molecule has 2 aliphatic rings. The van der Waals surface area contributed by atoms with Crippen LogP contribution in [0.15, 0.2) is 18.5 Å². The minimum atomic E-state index is -0.0977. The lowest BCUT2D eigenvalue weighted by atomic mass is 9.79. The number of amides is 3. The van der Waals surface area contributed by atoms with Crippen molar-refractivity contribution in [2.75, 3.05) is 26.7 Å². The normalized spacial score (nSPS) is 22.2. The summed E-state index contributed by atoms with van der Waals surface area (Å²) in [6, 6.07) is 1.93. The molecule has 1 saturated heterocycles. The number of carbonyl (C=O) groups excluding carboxylic acids is 2. The highest BCUT2D eigenvalue weighted by molar-refractivity contribution is 5.85. The van der Waals surface area contributed by atoms with Crippen molar-refractivity contribution in [1.29, 1.82) is 0 Å². The summed E-state index contributed by atoms with van der Waals surface area (Å²) in [4.78, 5) is 27.2. The summed E-state index contributed by atoms with van der Waals surface area (Å²) in [6.07, 6.45) is 5.32. The van der Waals surface area contributed by atoms with E-state index < -0.39 is 0 Å². The van der Waals surface area contributed by atoms with Crippen LogP contribution in [-0.2, 0) is 18.4 Å². The average molecular weight is 372 g/mol. The summed E-state index contributed by atoms with van der Waals surface area (Å²) in [7, 11) is 3.72. The fourth-order valence-corrected chi connectivity index (χ4v) is 3.65. The van der Waals surface area contributed by atoms with Gasteiger partial charge in [-0.1, -0.05) is 0 Å². The van der Waals surface area contributed by atoms with Gasteiger partial charge in [-0.2, -0.15) is 5.10 Å². The van der Waals surface area contributed by atoms with Crippen molar-refractivity contribution in [3.63, 3.8) is 0 Å². The Morgan fingerprint density at radius 2 is 2.07 bits per heavy atom. The topological polar surface area (TPSA) is 101 Å². The third-order valence-electron chi connectivity index (χ3n) is 5.37. The first kappa shape index (κ1) is 17.5. The van der Waals surface area contributed by atoms with Gasteiger partial charge < -0.3 is 19.7 Å². The van der Waals surface area contributed by atoms with Gasteiger partial charge in [0, 0.05) is 51.5 Å². The van der Waals surface area contributed by atoms with E-state index in [2.05, 4.69) is 20.6 Å². The Kier molecular flexibility index (Phi) is 4.54. The molecule has 4 rings (SSSR count). The van der Waals surface area contributed by atoms with Crippen molar-refractivity contribution in [1.82, 2.24) is 39.7 Å². The van der Waals surface area contributed by atoms with E-state index in [4.69, 9.17) is 0 Å². The summed E-state index contributed by atoms with van der Waals surface area (Å²) < 4.78 is 3.83. The molecule has 0 bridgehead atoms. The van der Waals surface area contributed by atoms with Gasteiger partial charge in [-0.15, -0.1) is 10.2 Å². The molecule has 144 valence electrons. The molecular formula is C17H24N8O2. The van der Waals surface area contributed by atoms with E-state index in [0.717, 1.165) is 24.5 Å². The molecule has 0 atom stereocenters. The maximum atomic E-state index is 12.2. The Morgan fingerprint density at radius 1 is 1.26 bits per heavy atom. The third kappa shape index (κ3) is 3.51. The monoisotopic (exact) mass is 372 g/mol. The van der Waals surface area contributed by atoms with Crippen LogP contribution in [0.3, 0.4) is 0 Å². The zero-order valence-corrected chi connectivity index (χ0v) is 15.6. The van der Waals surface area contributed by atoms with E-state index in [1.807, 2.05) is 28.6 Å². The molecule has 3 amide bonds. The molecule has 0 unspecified atom stereocenters. The number of rotatable bonds is 6. The van der Waals surface area contributed by atoms with Crippen molar-refractivity contribution in [2.24, 2.45) is 7.05 Å². The average Bonchev–Trinajstić information content (AvgIpc) is 3.31. The highest BCUT2D eigenvalue weighted by Gasteiger charge is 2.35. The number of hydrogen-bond acceptors (Lipinski definition) is 5. The predicted octanol–water partition coefficient (Wildman–Crippen LogP) is -0.210. The molecule has 1 saturated carbocycles. The van der Waals surface area contributed by atoms with Gasteiger partial charge in [0.15, 0.2) is 5.82 Å². The Hall–Kier alpha value is -2.91. The molecule has 3 heterocycles. The molecule has 1 N–H and O–H groups in total. The fraction of sp³-hybridized carbons (Fsp3) is 0.588. The van der Waals surface area contributed by atoms with E-state index >= 15 is 0 Å². The molecule has 2 aromatic rings. The van der Waals surface area contributed by atoms with E-state index in [1.54, 1.807) is 23.0 Å². The van der Waals surface area contributed by atoms with Crippen LogP contribution in [0.5, 0.6) is 0 Å². The van der Waals surface area contributed by atoms with Crippen LogP contribution in [-0.4, -0.2) is 79.0 Å². The second-order valence-corrected chi connectivity index (χ2v) is 7.30. The lowest BCUT2D eigenvalue weighted by molar-refractivity contribution is -0.122. The van der Waals surface area contributed by atoms with Crippen molar-refractivity contribution < 1.29 is 9.59 Å². The lowest BCUT2D eigenvalue weighted by Crippen LogP contribution is -2.48. The number of aromatic nitrogens is 5. The van der Waals surface area contributed by atoms with Gasteiger partial charge in [0.1, 0.15) is 18.9 Å². The SMILES string of the molecule is CN1CCN(CC(=O)NC2CC(c3nnc(Cn4cccn4)n3C)C2)C1=O. The first-order valence-electron chi connectivity index (χ1n) is 9.16. The molecule has 2 aromatic heterocycles. The molecule has 1 aliphatic carbocycles. The van der Waals surface area contributed by atoms with Crippen LogP contribution in [0, 0.1) is 0 Å². The van der Waals surface area contributed by atoms with Crippen LogP contribution in [0.2, 0.25) is 0 Å². The van der Waals surface area contributed by atoms with Gasteiger partial charge in [-0.25, -0.2) is 4.79 Å². The highest BCUT2D eigenvalue weighted by atomic mass is 16.2. The van der Waals surface area contributed by atoms with Crippen LogP contribution in [0.4, 0.5) is 4.79 Å². The molecular weight excluding hydrogens is 348 g/mol. The zero-order valence-electron chi connectivity index (χ0n) is 15.6. The number of likely N-dealkylation sites (N-methyl/N-ethyl adjacent to an activating group) is 1. The number of urea groups is 1. The van der Waals surface area contributed by atoms with Crippen LogP contribution >= 0.6 is 0 Å². The maximum Gasteiger partial charge on any atom is 0.320 e. The Labute approximate surface area is 157 Å². The fourth-order valence-electron chi connectivity index (χ4n) is 3.65. The maximum absolute atomic E-state index is 12.2. The minimum absolute atomic E-state index is 0.0829. The van der Waals surface area contributed by atoms with Gasteiger partial charge >= 0.3 is 6.03 Å². The number of carbonyl (C=O) groups is 2. The number of hydrogen-bond donors (Lipinski definition) is 1. The smallest absolute Gasteiger partial charge is 0.320 e. The first-order chi connectivity index (χ1) is 13.0. The van der Waals surface area contributed by atoms with E-state index in [9.17, 15) is 9.59 Å². The molecule has 10 nitrogen and oxygen atoms in total. The Morgan fingerprint density at radius 3 is 2.74 bits per heavy atom. The van der Waals surface area contributed by atoms with Crippen LogP contribution < -0.4 is 5.32 Å². The number of nitrogens with zero attached hydrogens (tertiary/aromatic N) is 7. The van der Waals surface area contributed by atoms with Gasteiger partial charge in [0.05, 0.1) is 0 Å². The summed E-state index contributed by atoms with van der Waals surface area (Å²) in [5, 5.41) is 15.8. The van der Waals surface area contributed by atoms with Crippen molar-refractivity contribution in [3.8, 4) is 0 Å². The molecule has 0 aromatic carbocycles. The molecule has 0 spiro atoms.